The number of amides is 2. The molecule has 31 heavy (non-hydrogen) atoms. The molecule has 2 aromatic rings. The van der Waals surface area contributed by atoms with Crippen LogP contribution in [0, 0.1) is 6.92 Å². The molecule has 2 aliphatic rings. The minimum Gasteiger partial charge on any atom is -0.489 e. The van der Waals surface area contributed by atoms with E-state index < -0.39 is 5.91 Å². The van der Waals surface area contributed by atoms with E-state index in [1.54, 1.807) is 6.07 Å². The first-order chi connectivity index (χ1) is 15.0. The molecule has 1 aromatic carbocycles. The summed E-state index contributed by atoms with van der Waals surface area (Å²) in [6, 6.07) is 9.69. The maximum absolute atomic E-state index is 13.1. The number of aryl methyl sites for hydroxylation is 1. The Labute approximate surface area is 181 Å². The monoisotopic (exact) mass is 424 g/mol. The quantitative estimate of drug-likeness (QED) is 0.738. The van der Waals surface area contributed by atoms with E-state index in [1.165, 1.54) is 0 Å². The Morgan fingerprint density at radius 2 is 2.03 bits per heavy atom. The highest BCUT2D eigenvalue weighted by molar-refractivity contribution is 5.99. The van der Waals surface area contributed by atoms with Gasteiger partial charge in [0.1, 0.15) is 19.0 Å². The zero-order chi connectivity index (χ0) is 21.8. The number of pyridine rings is 1. The summed E-state index contributed by atoms with van der Waals surface area (Å²) in [4.78, 5) is 30.5. The Morgan fingerprint density at radius 1 is 1.23 bits per heavy atom. The Hall–Kier alpha value is -3.13. The molecule has 1 aliphatic carbocycles. The van der Waals surface area contributed by atoms with Gasteiger partial charge in [0.05, 0.1) is 23.9 Å². The second-order valence-corrected chi connectivity index (χ2v) is 8.07. The molecule has 3 N–H and O–H groups in total. The van der Waals surface area contributed by atoms with Gasteiger partial charge in [-0.25, -0.2) is 4.98 Å². The number of aromatic nitrogens is 1. The summed E-state index contributed by atoms with van der Waals surface area (Å²) in [6.45, 7) is 3.10. The first-order valence-corrected chi connectivity index (χ1v) is 10.7. The third kappa shape index (κ3) is 4.96. The molecular weight excluding hydrogens is 396 g/mol. The number of nitrogens with zero attached hydrogens (tertiary/aromatic N) is 2. The maximum Gasteiger partial charge on any atom is 0.255 e. The lowest BCUT2D eigenvalue weighted by atomic mass is 9.92. The van der Waals surface area contributed by atoms with Crippen LogP contribution in [-0.4, -0.2) is 48.7 Å². The number of hydrogen-bond acceptors (Lipinski definition) is 6. The normalized spacial score (nSPS) is 20.5. The molecule has 0 saturated heterocycles. The van der Waals surface area contributed by atoms with E-state index in [4.69, 9.17) is 15.2 Å². The van der Waals surface area contributed by atoms with Crippen LogP contribution in [0.5, 0.6) is 5.75 Å². The minimum atomic E-state index is -0.459. The molecule has 0 atom stereocenters. The molecule has 0 bridgehead atoms. The van der Waals surface area contributed by atoms with Crippen molar-refractivity contribution >= 4 is 23.3 Å². The van der Waals surface area contributed by atoms with Crippen LogP contribution in [0.4, 0.5) is 11.5 Å². The van der Waals surface area contributed by atoms with Crippen molar-refractivity contribution < 1.29 is 19.1 Å². The standard InChI is InChI=1S/C23H28N4O4/c1-15-5-10-21(25-13-15)27-11-12-30-22-18(3-2-4-19(22)27)23(29)26-16-6-8-17(9-7-16)31-14-20(24)28/h2-5,10,13,16-17H,6-9,11-12,14H2,1H3,(H2,24,28)(H,26,29)/t16-,17-. The smallest absolute Gasteiger partial charge is 0.255 e. The molecule has 8 heteroatoms. The molecule has 0 spiro atoms. The van der Waals surface area contributed by atoms with Crippen LogP contribution >= 0.6 is 0 Å². The number of anilines is 2. The summed E-state index contributed by atoms with van der Waals surface area (Å²) in [5, 5.41) is 3.13. The van der Waals surface area contributed by atoms with E-state index in [9.17, 15) is 9.59 Å². The van der Waals surface area contributed by atoms with Gasteiger partial charge in [0.2, 0.25) is 5.91 Å². The maximum atomic E-state index is 13.1. The molecule has 1 aromatic heterocycles. The molecular formula is C23H28N4O4. The van der Waals surface area contributed by atoms with Gasteiger partial charge in [-0.15, -0.1) is 0 Å². The molecule has 2 heterocycles. The highest BCUT2D eigenvalue weighted by Gasteiger charge is 2.28. The van der Waals surface area contributed by atoms with Crippen LogP contribution in [-0.2, 0) is 9.53 Å². The lowest BCUT2D eigenvalue weighted by molar-refractivity contribution is -0.125. The average Bonchev–Trinajstić information content (AvgIpc) is 2.78. The Balaban J connectivity index is 1.44. The van der Waals surface area contributed by atoms with Crippen LogP contribution in [0.15, 0.2) is 36.5 Å². The zero-order valence-corrected chi connectivity index (χ0v) is 17.7. The summed E-state index contributed by atoms with van der Waals surface area (Å²) in [7, 11) is 0. The van der Waals surface area contributed by atoms with Crippen molar-refractivity contribution in [2.45, 2.75) is 44.8 Å². The van der Waals surface area contributed by atoms with Gasteiger partial charge in [-0.1, -0.05) is 12.1 Å². The van der Waals surface area contributed by atoms with Gasteiger partial charge in [-0.3, -0.25) is 9.59 Å². The number of ether oxygens (including phenoxy) is 2. The highest BCUT2D eigenvalue weighted by Crippen LogP contribution is 2.38. The molecule has 4 rings (SSSR count). The van der Waals surface area contributed by atoms with E-state index in [1.807, 2.05) is 37.4 Å². The number of primary amides is 1. The fraction of sp³-hybridized carbons (Fsp3) is 0.435. The second-order valence-electron chi connectivity index (χ2n) is 8.07. The van der Waals surface area contributed by atoms with Crippen LogP contribution in [0.3, 0.4) is 0 Å². The number of carbonyl (C=O) groups is 2. The van der Waals surface area contributed by atoms with Crippen molar-refractivity contribution in [1.29, 1.82) is 0 Å². The summed E-state index contributed by atoms with van der Waals surface area (Å²) in [5.74, 6) is 0.824. The van der Waals surface area contributed by atoms with Gasteiger partial charge in [-0.2, -0.15) is 0 Å². The van der Waals surface area contributed by atoms with E-state index >= 15 is 0 Å². The molecule has 164 valence electrons. The molecule has 1 fully saturated rings. The van der Waals surface area contributed by atoms with Gasteiger partial charge < -0.3 is 25.4 Å². The summed E-state index contributed by atoms with van der Waals surface area (Å²) in [5.41, 5.74) is 7.61. The number of carbonyl (C=O) groups excluding carboxylic acids is 2. The number of rotatable bonds is 6. The van der Waals surface area contributed by atoms with Gasteiger partial charge >= 0.3 is 0 Å². The Bertz CT molecular complexity index is 939. The van der Waals surface area contributed by atoms with E-state index in [0.717, 1.165) is 42.8 Å². The van der Waals surface area contributed by atoms with Gasteiger partial charge in [0, 0.05) is 12.2 Å². The number of fused-ring (bicyclic) bond motifs is 1. The number of nitrogens with two attached hydrogens (primary N) is 1. The number of nitrogens with one attached hydrogen (secondary N) is 1. The molecule has 8 nitrogen and oxygen atoms in total. The fourth-order valence-electron chi connectivity index (χ4n) is 4.12. The van der Waals surface area contributed by atoms with Crippen molar-refractivity contribution in [3.05, 3.63) is 47.7 Å². The lowest BCUT2D eigenvalue weighted by Gasteiger charge is -2.32. The topological polar surface area (TPSA) is 107 Å². The third-order valence-electron chi connectivity index (χ3n) is 5.73. The van der Waals surface area contributed by atoms with Gasteiger partial charge in [-0.05, 0) is 56.4 Å². The van der Waals surface area contributed by atoms with E-state index in [0.29, 0.717) is 24.5 Å². The summed E-state index contributed by atoms with van der Waals surface area (Å²) in [6.07, 6.45) is 5.02. The van der Waals surface area contributed by atoms with Gasteiger partial charge in [0.25, 0.3) is 5.91 Å². The first kappa shape index (κ1) is 21.1. The van der Waals surface area contributed by atoms with Crippen LogP contribution in [0.2, 0.25) is 0 Å². The van der Waals surface area contributed by atoms with Crippen molar-refractivity contribution in [2.75, 3.05) is 24.7 Å². The molecule has 1 aliphatic heterocycles. The van der Waals surface area contributed by atoms with Crippen LogP contribution < -0.4 is 20.7 Å². The Morgan fingerprint density at radius 3 is 2.74 bits per heavy atom. The second kappa shape index (κ2) is 9.34. The number of benzene rings is 1. The van der Waals surface area contributed by atoms with Crippen LogP contribution in [0.1, 0.15) is 41.6 Å². The molecule has 1 saturated carbocycles. The number of hydrogen-bond donors (Lipinski definition) is 2. The molecule has 2 amide bonds. The molecule has 0 radical (unpaired) electrons. The predicted molar refractivity (Wildman–Crippen MR) is 117 cm³/mol. The number of para-hydroxylation sites is 1. The SMILES string of the molecule is Cc1ccc(N2CCOc3c(C(=O)N[C@H]4CC[C@H](OCC(N)=O)CC4)cccc32)nc1. The zero-order valence-electron chi connectivity index (χ0n) is 17.7. The summed E-state index contributed by atoms with van der Waals surface area (Å²) < 4.78 is 11.4. The lowest BCUT2D eigenvalue weighted by Crippen LogP contribution is -2.40. The van der Waals surface area contributed by atoms with Crippen LogP contribution in [0.25, 0.3) is 0 Å². The predicted octanol–water partition coefficient (Wildman–Crippen LogP) is 2.46. The van der Waals surface area contributed by atoms with Crippen molar-refractivity contribution in [3.63, 3.8) is 0 Å². The largest absolute Gasteiger partial charge is 0.489 e. The average molecular weight is 425 g/mol. The van der Waals surface area contributed by atoms with Crippen molar-refractivity contribution in [1.82, 2.24) is 10.3 Å². The third-order valence-corrected chi connectivity index (χ3v) is 5.73. The first-order valence-electron chi connectivity index (χ1n) is 10.7. The minimum absolute atomic E-state index is 0.0176. The Kier molecular flexibility index (Phi) is 6.36. The summed E-state index contributed by atoms with van der Waals surface area (Å²) >= 11 is 0. The highest BCUT2D eigenvalue weighted by atomic mass is 16.5. The fourth-order valence-corrected chi connectivity index (χ4v) is 4.12. The van der Waals surface area contributed by atoms with Crippen molar-refractivity contribution in [2.24, 2.45) is 5.73 Å². The van der Waals surface area contributed by atoms with Gasteiger partial charge in [0.15, 0.2) is 5.75 Å². The van der Waals surface area contributed by atoms with E-state index in [-0.39, 0.29) is 24.7 Å². The van der Waals surface area contributed by atoms with Crippen molar-refractivity contribution in [3.8, 4) is 5.75 Å². The molecule has 0 unspecified atom stereocenters. The van der Waals surface area contributed by atoms with E-state index in [2.05, 4.69) is 15.2 Å².